The molecule has 1 unspecified atom stereocenters. The van der Waals surface area contributed by atoms with E-state index in [4.69, 9.17) is 5.11 Å². The van der Waals surface area contributed by atoms with Gasteiger partial charge in [-0.05, 0) is 31.6 Å². The number of aliphatic carboxylic acids is 1. The molecule has 0 radical (unpaired) electrons. The van der Waals surface area contributed by atoms with Gasteiger partial charge < -0.3 is 10.4 Å². The van der Waals surface area contributed by atoms with E-state index in [0.29, 0.717) is 6.42 Å². The highest BCUT2D eigenvalue weighted by Crippen LogP contribution is 2.20. The van der Waals surface area contributed by atoms with Gasteiger partial charge in [0.1, 0.15) is 6.04 Å². The Labute approximate surface area is 102 Å². The van der Waals surface area contributed by atoms with Crippen molar-refractivity contribution in [2.75, 3.05) is 0 Å². The summed E-state index contributed by atoms with van der Waals surface area (Å²) in [6.45, 7) is 3.58. The summed E-state index contributed by atoms with van der Waals surface area (Å²) >= 11 is 0. The van der Waals surface area contributed by atoms with Gasteiger partial charge in [-0.3, -0.25) is 4.79 Å². The molecule has 0 fully saturated rings. The standard InChI is InChI=1S/C13H21NO3/c1-9(2)12(13(16)17)14-11(15)8-10-6-4-3-5-7-10/h6,9,12H,3-5,7-8H2,1-2H3,(H,14,15)(H,16,17). The van der Waals surface area contributed by atoms with Gasteiger partial charge in [0.2, 0.25) is 5.91 Å². The summed E-state index contributed by atoms with van der Waals surface area (Å²) in [5.74, 6) is -1.25. The Bertz CT molecular complexity index is 321. The van der Waals surface area contributed by atoms with E-state index in [9.17, 15) is 9.59 Å². The fraction of sp³-hybridized carbons (Fsp3) is 0.692. The van der Waals surface area contributed by atoms with Crippen molar-refractivity contribution in [2.24, 2.45) is 5.92 Å². The average Bonchev–Trinajstić information content (AvgIpc) is 2.26. The van der Waals surface area contributed by atoms with Crippen molar-refractivity contribution in [3.63, 3.8) is 0 Å². The summed E-state index contributed by atoms with van der Waals surface area (Å²) in [5.41, 5.74) is 1.14. The van der Waals surface area contributed by atoms with Gasteiger partial charge in [0.25, 0.3) is 0 Å². The third kappa shape index (κ3) is 4.59. The van der Waals surface area contributed by atoms with Crippen LogP contribution in [0.25, 0.3) is 0 Å². The molecule has 0 saturated heterocycles. The monoisotopic (exact) mass is 239 g/mol. The smallest absolute Gasteiger partial charge is 0.326 e. The van der Waals surface area contributed by atoms with Crippen molar-refractivity contribution >= 4 is 11.9 Å². The fourth-order valence-corrected chi connectivity index (χ4v) is 2.01. The molecule has 4 heteroatoms. The van der Waals surface area contributed by atoms with Gasteiger partial charge in [0.15, 0.2) is 0 Å². The van der Waals surface area contributed by atoms with Crippen LogP contribution in [0.1, 0.15) is 46.0 Å². The average molecular weight is 239 g/mol. The Kier molecular flexibility index (Phi) is 5.19. The molecule has 1 rings (SSSR count). The number of carbonyl (C=O) groups excluding carboxylic acids is 1. The van der Waals surface area contributed by atoms with Gasteiger partial charge in [0.05, 0.1) is 0 Å². The normalized spacial score (nSPS) is 17.5. The van der Waals surface area contributed by atoms with E-state index in [-0.39, 0.29) is 11.8 Å². The zero-order chi connectivity index (χ0) is 12.8. The van der Waals surface area contributed by atoms with Gasteiger partial charge in [-0.1, -0.05) is 25.5 Å². The summed E-state index contributed by atoms with van der Waals surface area (Å²) in [6.07, 6.45) is 6.77. The molecule has 4 nitrogen and oxygen atoms in total. The maximum atomic E-state index is 11.7. The predicted octanol–water partition coefficient (Wildman–Crippen LogP) is 2.10. The molecule has 1 atom stereocenters. The van der Waals surface area contributed by atoms with Crippen LogP contribution >= 0.6 is 0 Å². The first-order valence-electron chi connectivity index (χ1n) is 6.20. The largest absolute Gasteiger partial charge is 0.480 e. The Balaban J connectivity index is 2.47. The van der Waals surface area contributed by atoms with E-state index in [1.165, 1.54) is 6.42 Å². The minimum absolute atomic E-state index is 0.100. The molecule has 2 N–H and O–H groups in total. The first-order valence-corrected chi connectivity index (χ1v) is 6.20. The van der Waals surface area contributed by atoms with E-state index in [1.807, 2.05) is 0 Å². The second kappa shape index (κ2) is 6.42. The Morgan fingerprint density at radius 2 is 2.12 bits per heavy atom. The van der Waals surface area contributed by atoms with Crippen molar-refractivity contribution < 1.29 is 14.7 Å². The Hall–Kier alpha value is -1.32. The van der Waals surface area contributed by atoms with Crippen molar-refractivity contribution in [1.29, 1.82) is 0 Å². The predicted molar refractivity (Wildman–Crippen MR) is 65.6 cm³/mol. The summed E-state index contributed by atoms with van der Waals surface area (Å²) in [7, 11) is 0. The lowest BCUT2D eigenvalue weighted by Gasteiger charge is -2.19. The highest BCUT2D eigenvalue weighted by molar-refractivity contribution is 5.85. The number of hydrogen-bond acceptors (Lipinski definition) is 2. The number of nitrogens with one attached hydrogen (secondary N) is 1. The molecule has 0 aromatic heterocycles. The lowest BCUT2D eigenvalue weighted by atomic mass is 9.96. The van der Waals surface area contributed by atoms with Crippen LogP contribution in [0, 0.1) is 5.92 Å². The molecule has 0 spiro atoms. The molecule has 17 heavy (non-hydrogen) atoms. The minimum atomic E-state index is -0.967. The fourth-order valence-electron chi connectivity index (χ4n) is 2.01. The van der Waals surface area contributed by atoms with Crippen molar-refractivity contribution in [1.82, 2.24) is 5.32 Å². The quantitative estimate of drug-likeness (QED) is 0.722. The van der Waals surface area contributed by atoms with E-state index < -0.39 is 12.0 Å². The first kappa shape index (κ1) is 13.7. The summed E-state index contributed by atoms with van der Waals surface area (Å²) < 4.78 is 0. The molecule has 0 aromatic rings. The van der Waals surface area contributed by atoms with Gasteiger partial charge in [-0.2, -0.15) is 0 Å². The van der Waals surface area contributed by atoms with Crippen LogP contribution < -0.4 is 5.32 Å². The number of carboxylic acid groups (broad SMARTS) is 1. The van der Waals surface area contributed by atoms with Crippen LogP contribution in [0.5, 0.6) is 0 Å². The highest BCUT2D eigenvalue weighted by Gasteiger charge is 2.23. The highest BCUT2D eigenvalue weighted by atomic mass is 16.4. The van der Waals surface area contributed by atoms with Crippen molar-refractivity contribution in [3.05, 3.63) is 11.6 Å². The van der Waals surface area contributed by atoms with E-state index in [1.54, 1.807) is 13.8 Å². The lowest BCUT2D eigenvalue weighted by molar-refractivity contribution is -0.143. The van der Waals surface area contributed by atoms with Gasteiger partial charge >= 0.3 is 5.97 Å². The topological polar surface area (TPSA) is 66.4 Å². The van der Waals surface area contributed by atoms with Gasteiger partial charge in [0, 0.05) is 6.42 Å². The van der Waals surface area contributed by atoms with Crippen LogP contribution in [0.3, 0.4) is 0 Å². The SMILES string of the molecule is CC(C)C(NC(=O)CC1=CCCCC1)C(=O)O. The third-order valence-corrected chi connectivity index (χ3v) is 3.02. The minimum Gasteiger partial charge on any atom is -0.480 e. The molecule has 1 aliphatic rings. The first-order chi connectivity index (χ1) is 8.00. The van der Waals surface area contributed by atoms with Crippen LogP contribution in [0.2, 0.25) is 0 Å². The lowest BCUT2D eigenvalue weighted by Crippen LogP contribution is -2.44. The molecule has 0 aliphatic heterocycles. The molecular weight excluding hydrogens is 218 g/mol. The van der Waals surface area contributed by atoms with E-state index in [2.05, 4.69) is 11.4 Å². The van der Waals surface area contributed by atoms with Crippen LogP contribution in [0.15, 0.2) is 11.6 Å². The molecule has 96 valence electrons. The molecular formula is C13H21NO3. The molecule has 0 bridgehead atoms. The summed E-state index contributed by atoms with van der Waals surface area (Å²) in [5, 5.41) is 11.6. The van der Waals surface area contributed by atoms with Crippen molar-refractivity contribution in [2.45, 2.75) is 52.0 Å². The molecule has 1 amide bonds. The molecule has 0 heterocycles. The van der Waals surface area contributed by atoms with E-state index in [0.717, 1.165) is 24.8 Å². The van der Waals surface area contributed by atoms with Gasteiger partial charge in [-0.25, -0.2) is 4.79 Å². The number of hydrogen-bond donors (Lipinski definition) is 2. The number of allylic oxidation sites excluding steroid dienone is 1. The van der Waals surface area contributed by atoms with Gasteiger partial charge in [-0.15, -0.1) is 0 Å². The summed E-state index contributed by atoms with van der Waals surface area (Å²) in [4.78, 5) is 22.7. The van der Waals surface area contributed by atoms with Crippen LogP contribution in [-0.4, -0.2) is 23.0 Å². The Morgan fingerprint density at radius 1 is 1.41 bits per heavy atom. The third-order valence-electron chi connectivity index (χ3n) is 3.02. The zero-order valence-electron chi connectivity index (χ0n) is 10.5. The maximum absolute atomic E-state index is 11.7. The molecule has 1 aliphatic carbocycles. The number of carbonyl (C=O) groups is 2. The number of carboxylic acids is 1. The number of amides is 1. The Morgan fingerprint density at radius 3 is 2.59 bits per heavy atom. The zero-order valence-corrected chi connectivity index (χ0v) is 10.5. The second-order valence-electron chi connectivity index (χ2n) is 4.91. The number of rotatable bonds is 5. The van der Waals surface area contributed by atoms with Crippen molar-refractivity contribution in [3.8, 4) is 0 Å². The molecule has 0 saturated carbocycles. The molecule has 0 aromatic carbocycles. The van der Waals surface area contributed by atoms with Crippen LogP contribution in [0.4, 0.5) is 0 Å². The summed E-state index contributed by atoms with van der Waals surface area (Å²) in [6, 6.07) is -0.785. The maximum Gasteiger partial charge on any atom is 0.326 e. The second-order valence-corrected chi connectivity index (χ2v) is 4.91. The van der Waals surface area contributed by atoms with Crippen LogP contribution in [-0.2, 0) is 9.59 Å². The van der Waals surface area contributed by atoms with E-state index >= 15 is 0 Å².